The van der Waals surface area contributed by atoms with Crippen LogP contribution in [0.4, 0.5) is 0 Å². The summed E-state index contributed by atoms with van der Waals surface area (Å²) in [6.07, 6.45) is 2.57. The highest BCUT2D eigenvalue weighted by Crippen LogP contribution is 2.16. The summed E-state index contributed by atoms with van der Waals surface area (Å²) in [6, 6.07) is 0. The first-order valence-corrected chi connectivity index (χ1v) is 8.77. The van der Waals surface area contributed by atoms with Gasteiger partial charge in [-0.2, -0.15) is 0 Å². The molecule has 0 amide bonds. The van der Waals surface area contributed by atoms with E-state index >= 15 is 0 Å². The average Bonchev–Trinajstić information content (AvgIpc) is 2.76. The monoisotopic (exact) mass is 277 g/mol. The Balaban J connectivity index is 2.02. The van der Waals surface area contributed by atoms with Crippen LogP contribution in [0.15, 0.2) is 0 Å². The lowest BCUT2D eigenvalue weighted by molar-refractivity contribution is -0.146. The molecule has 0 N–H and O–H groups in total. The van der Waals surface area contributed by atoms with Gasteiger partial charge in [-0.15, -0.1) is 0 Å². The molecule has 5 heteroatoms. The Kier molecular flexibility index (Phi) is 7.04. The average molecular weight is 277 g/mol. The van der Waals surface area contributed by atoms with Crippen LogP contribution in [0.1, 0.15) is 26.7 Å². The van der Waals surface area contributed by atoms with Crippen molar-refractivity contribution in [3.05, 3.63) is 0 Å². The molecule has 0 aromatic carbocycles. The number of hydrogen-bond acceptors (Lipinski definition) is 4. The van der Waals surface area contributed by atoms with Crippen molar-refractivity contribution >= 4 is 33.7 Å². The normalized spacial score (nSPS) is 16.4. The molecule has 0 aromatic rings. The van der Waals surface area contributed by atoms with Crippen LogP contribution in [0.5, 0.6) is 0 Å². The van der Waals surface area contributed by atoms with Crippen molar-refractivity contribution in [2.75, 3.05) is 29.6 Å². The number of esters is 1. The number of thioether (sulfide) groups is 1. The summed E-state index contributed by atoms with van der Waals surface area (Å²) in [5.41, 5.74) is 0. The predicted molar refractivity (Wildman–Crippen MR) is 74.5 cm³/mol. The molecule has 0 bridgehead atoms. The van der Waals surface area contributed by atoms with Gasteiger partial charge < -0.3 is 4.74 Å². The van der Waals surface area contributed by atoms with Crippen molar-refractivity contribution < 1.29 is 14.3 Å². The van der Waals surface area contributed by atoms with Crippen molar-refractivity contribution in [3.8, 4) is 0 Å². The lowest BCUT2D eigenvalue weighted by Crippen LogP contribution is -2.17. The second kappa shape index (κ2) is 8.03. The van der Waals surface area contributed by atoms with Crippen molar-refractivity contribution in [1.82, 2.24) is 0 Å². The molecular formula is C12H21O3S2+. The first kappa shape index (κ1) is 14.9. The third kappa shape index (κ3) is 6.36. The molecule has 1 rings (SSSR count). The fraction of sp³-hybridized carbons (Fsp3) is 0.833. The number of rotatable bonds is 6. The maximum absolute atomic E-state index is 11.6. The molecule has 0 aliphatic carbocycles. The summed E-state index contributed by atoms with van der Waals surface area (Å²) in [7, 11) is 0.343. The zero-order valence-electron chi connectivity index (χ0n) is 10.6. The molecule has 1 heterocycles. The Hall–Kier alpha value is -0.160. The van der Waals surface area contributed by atoms with Gasteiger partial charge >= 0.3 is 5.97 Å². The fourth-order valence-corrected chi connectivity index (χ4v) is 4.81. The highest BCUT2D eigenvalue weighted by Gasteiger charge is 2.26. The van der Waals surface area contributed by atoms with Gasteiger partial charge in [0.2, 0.25) is 5.12 Å². The molecule has 1 aliphatic heterocycles. The van der Waals surface area contributed by atoms with E-state index in [0.29, 0.717) is 23.3 Å². The maximum Gasteiger partial charge on any atom is 0.308 e. The van der Waals surface area contributed by atoms with Crippen molar-refractivity contribution in [3.63, 3.8) is 0 Å². The SMILES string of the molecule is CC(C)C(=O)OCCSC(=O)C[S+]1CCCC1. The van der Waals surface area contributed by atoms with Gasteiger partial charge in [-0.05, 0) is 23.7 Å². The van der Waals surface area contributed by atoms with Crippen molar-refractivity contribution in [2.45, 2.75) is 26.7 Å². The first-order valence-electron chi connectivity index (χ1n) is 6.06. The van der Waals surface area contributed by atoms with Gasteiger partial charge in [0.1, 0.15) is 18.1 Å². The molecular weight excluding hydrogens is 256 g/mol. The van der Waals surface area contributed by atoms with Crippen LogP contribution in [-0.4, -0.2) is 40.7 Å². The Morgan fingerprint density at radius 2 is 1.94 bits per heavy atom. The largest absolute Gasteiger partial charge is 0.465 e. The topological polar surface area (TPSA) is 43.4 Å². The number of ether oxygens (including phenoxy) is 1. The zero-order chi connectivity index (χ0) is 12.7. The molecule has 0 aromatic heterocycles. The van der Waals surface area contributed by atoms with Gasteiger partial charge in [-0.25, -0.2) is 0 Å². The van der Waals surface area contributed by atoms with Crippen LogP contribution in [0.25, 0.3) is 0 Å². The summed E-state index contributed by atoms with van der Waals surface area (Å²) in [6.45, 7) is 3.96. The number of hydrogen-bond donors (Lipinski definition) is 0. The Labute approximate surface area is 110 Å². The number of carbonyl (C=O) groups is 2. The van der Waals surface area contributed by atoms with Gasteiger partial charge in [0.15, 0.2) is 5.75 Å². The van der Waals surface area contributed by atoms with Crippen LogP contribution in [0, 0.1) is 5.92 Å². The zero-order valence-corrected chi connectivity index (χ0v) is 12.2. The van der Waals surface area contributed by atoms with E-state index in [1.807, 2.05) is 13.8 Å². The molecule has 1 saturated heterocycles. The minimum atomic E-state index is -0.185. The van der Waals surface area contributed by atoms with Gasteiger partial charge in [-0.1, -0.05) is 25.6 Å². The van der Waals surface area contributed by atoms with Gasteiger partial charge in [0, 0.05) is 5.75 Å². The lowest BCUT2D eigenvalue weighted by atomic mass is 10.2. The second-order valence-electron chi connectivity index (χ2n) is 4.41. The van der Waals surface area contributed by atoms with Crippen LogP contribution in [0.2, 0.25) is 0 Å². The van der Waals surface area contributed by atoms with E-state index in [1.165, 1.54) is 36.1 Å². The molecule has 1 aliphatic rings. The maximum atomic E-state index is 11.6. The molecule has 1 fully saturated rings. The van der Waals surface area contributed by atoms with Crippen LogP contribution >= 0.6 is 11.8 Å². The predicted octanol–water partition coefficient (Wildman–Crippen LogP) is 1.86. The molecule has 0 spiro atoms. The quantitative estimate of drug-likeness (QED) is 0.422. The second-order valence-corrected chi connectivity index (χ2v) is 7.90. The van der Waals surface area contributed by atoms with E-state index in [1.54, 1.807) is 0 Å². The Bertz CT molecular complexity index is 260. The highest BCUT2D eigenvalue weighted by molar-refractivity contribution is 8.15. The van der Waals surface area contributed by atoms with Crippen molar-refractivity contribution in [1.29, 1.82) is 0 Å². The first-order chi connectivity index (χ1) is 8.09. The molecule has 0 unspecified atom stereocenters. The smallest absolute Gasteiger partial charge is 0.308 e. The van der Waals surface area contributed by atoms with E-state index in [4.69, 9.17) is 4.74 Å². The van der Waals surface area contributed by atoms with E-state index < -0.39 is 0 Å². The summed E-state index contributed by atoms with van der Waals surface area (Å²) in [5, 5.41) is 0.260. The summed E-state index contributed by atoms with van der Waals surface area (Å²) in [4.78, 5) is 22.8. The highest BCUT2D eigenvalue weighted by atomic mass is 32.2. The Morgan fingerprint density at radius 3 is 2.53 bits per heavy atom. The van der Waals surface area contributed by atoms with Gasteiger partial charge in [0.25, 0.3) is 0 Å². The molecule has 17 heavy (non-hydrogen) atoms. The summed E-state index contributed by atoms with van der Waals surface area (Å²) in [5.74, 6) is 3.51. The van der Waals surface area contributed by atoms with Crippen LogP contribution < -0.4 is 0 Å². The summed E-state index contributed by atoms with van der Waals surface area (Å²) >= 11 is 1.31. The molecule has 3 nitrogen and oxygen atoms in total. The summed E-state index contributed by atoms with van der Waals surface area (Å²) < 4.78 is 5.01. The third-order valence-corrected chi connectivity index (χ3v) is 5.92. The number of carbonyl (C=O) groups excluding carboxylic acids is 2. The molecule has 98 valence electrons. The van der Waals surface area contributed by atoms with E-state index in [0.717, 1.165) is 5.75 Å². The van der Waals surface area contributed by atoms with Crippen LogP contribution in [-0.2, 0) is 25.2 Å². The standard InChI is InChI=1S/C12H21O3S2/c1-10(2)12(14)15-5-6-16-11(13)9-17-7-3-4-8-17/h10H,3-9H2,1-2H3/q+1. The molecule has 0 radical (unpaired) electrons. The van der Waals surface area contributed by atoms with E-state index in [-0.39, 0.29) is 17.0 Å². The Morgan fingerprint density at radius 1 is 1.29 bits per heavy atom. The molecule has 0 saturated carbocycles. The minimum Gasteiger partial charge on any atom is -0.465 e. The third-order valence-electron chi connectivity index (χ3n) is 2.50. The van der Waals surface area contributed by atoms with Gasteiger partial charge in [0.05, 0.1) is 5.92 Å². The lowest BCUT2D eigenvalue weighted by Gasteiger charge is -2.06. The fourth-order valence-electron chi connectivity index (χ4n) is 1.53. The van der Waals surface area contributed by atoms with Gasteiger partial charge in [-0.3, -0.25) is 9.59 Å². The minimum absolute atomic E-state index is 0.0873. The molecule has 0 atom stereocenters. The van der Waals surface area contributed by atoms with Crippen molar-refractivity contribution in [2.24, 2.45) is 5.92 Å². The van der Waals surface area contributed by atoms with E-state index in [9.17, 15) is 9.59 Å². The van der Waals surface area contributed by atoms with E-state index in [2.05, 4.69) is 0 Å². The van der Waals surface area contributed by atoms with Crippen LogP contribution in [0.3, 0.4) is 0 Å².